The first-order valence-electron chi connectivity index (χ1n) is 6.03. The molecule has 0 aliphatic rings. The summed E-state index contributed by atoms with van der Waals surface area (Å²) in [4.78, 5) is 14.9. The number of nitrogens with zero attached hydrogens (tertiary/aromatic N) is 1. The summed E-state index contributed by atoms with van der Waals surface area (Å²) >= 11 is 1.64. The average molecular weight is 285 g/mol. The molecule has 20 heavy (non-hydrogen) atoms. The van der Waals surface area contributed by atoms with E-state index in [2.05, 4.69) is 4.98 Å². The van der Waals surface area contributed by atoms with Crippen molar-refractivity contribution in [3.05, 3.63) is 53.5 Å². The van der Waals surface area contributed by atoms with Gasteiger partial charge in [-0.25, -0.2) is 4.98 Å². The van der Waals surface area contributed by atoms with Gasteiger partial charge in [0.05, 0.1) is 11.8 Å². The molecule has 0 saturated carbocycles. The highest BCUT2D eigenvalue weighted by molar-refractivity contribution is 7.17. The van der Waals surface area contributed by atoms with Gasteiger partial charge in [-0.2, -0.15) is 0 Å². The van der Waals surface area contributed by atoms with Crippen molar-refractivity contribution in [2.45, 2.75) is 6.42 Å². The monoisotopic (exact) mass is 285 g/mol. The normalized spacial score (nSPS) is 10.6. The number of thiophene rings is 1. The van der Waals surface area contributed by atoms with Crippen LogP contribution in [0.2, 0.25) is 0 Å². The fourth-order valence-electron chi connectivity index (χ4n) is 1.91. The second kappa shape index (κ2) is 5.30. The molecule has 0 radical (unpaired) electrons. The van der Waals surface area contributed by atoms with Gasteiger partial charge in [-0.15, -0.1) is 11.3 Å². The minimum absolute atomic E-state index is 0.0125. The summed E-state index contributed by atoms with van der Waals surface area (Å²) in [5.41, 5.74) is 0.742. The van der Waals surface area contributed by atoms with Gasteiger partial charge in [-0.3, -0.25) is 4.79 Å². The Hall–Kier alpha value is -2.40. The molecule has 2 aromatic heterocycles. The summed E-state index contributed by atoms with van der Waals surface area (Å²) in [5, 5.41) is 11.7. The number of ether oxygens (including phenoxy) is 1. The molecule has 0 aliphatic carbocycles. The zero-order valence-corrected chi connectivity index (χ0v) is 11.3. The molecule has 5 heteroatoms. The molecule has 3 rings (SSSR count). The number of fused-ring (bicyclic) bond motifs is 1. The first kappa shape index (κ1) is 12.6. The molecule has 3 aromatic rings. The van der Waals surface area contributed by atoms with Crippen LogP contribution in [0.15, 0.2) is 48.0 Å². The van der Waals surface area contributed by atoms with Crippen LogP contribution in [-0.2, 0) is 11.2 Å². The summed E-state index contributed by atoms with van der Waals surface area (Å²) in [6, 6.07) is 10.9. The van der Waals surface area contributed by atoms with Crippen LogP contribution in [0.3, 0.4) is 0 Å². The fraction of sp³-hybridized carbons (Fsp3) is 0.0667. The standard InChI is InChI=1S/C15H11NO3S/c17-14(18)9-10-1-3-11(4-2-10)19-15-12-6-8-20-13(12)5-7-16-15/h1-8H,9H2,(H,17,18). The van der Waals surface area contributed by atoms with Crippen LogP contribution >= 0.6 is 11.3 Å². The third kappa shape index (κ3) is 2.62. The zero-order valence-electron chi connectivity index (χ0n) is 10.4. The van der Waals surface area contributed by atoms with Crippen LogP contribution in [0.4, 0.5) is 0 Å². The molecule has 1 aromatic carbocycles. The highest BCUT2D eigenvalue weighted by atomic mass is 32.1. The second-order valence-electron chi connectivity index (χ2n) is 4.27. The molecule has 1 N–H and O–H groups in total. The number of pyridine rings is 1. The molecule has 0 fully saturated rings. The summed E-state index contributed by atoms with van der Waals surface area (Å²) in [6.07, 6.45) is 1.73. The third-order valence-electron chi connectivity index (χ3n) is 2.84. The van der Waals surface area contributed by atoms with E-state index in [1.165, 1.54) is 0 Å². The number of rotatable bonds is 4. The Kier molecular flexibility index (Phi) is 3.35. The summed E-state index contributed by atoms with van der Waals surface area (Å²) < 4.78 is 6.88. The molecular formula is C15H11NO3S. The minimum Gasteiger partial charge on any atom is -0.481 e. The lowest BCUT2D eigenvalue weighted by molar-refractivity contribution is -0.136. The van der Waals surface area contributed by atoms with Crippen molar-refractivity contribution in [3.63, 3.8) is 0 Å². The fourth-order valence-corrected chi connectivity index (χ4v) is 2.68. The molecule has 0 amide bonds. The lowest BCUT2D eigenvalue weighted by Gasteiger charge is -2.06. The van der Waals surface area contributed by atoms with E-state index in [-0.39, 0.29) is 6.42 Å². The molecule has 0 unspecified atom stereocenters. The molecule has 0 spiro atoms. The Labute approximate surface area is 119 Å². The number of hydrogen-bond acceptors (Lipinski definition) is 4. The lowest BCUT2D eigenvalue weighted by Crippen LogP contribution is -1.99. The zero-order chi connectivity index (χ0) is 13.9. The average Bonchev–Trinajstić information content (AvgIpc) is 2.90. The molecule has 2 heterocycles. The highest BCUT2D eigenvalue weighted by Gasteiger charge is 2.06. The third-order valence-corrected chi connectivity index (χ3v) is 3.72. The Morgan fingerprint density at radius 3 is 2.75 bits per heavy atom. The van der Waals surface area contributed by atoms with E-state index >= 15 is 0 Å². The van der Waals surface area contributed by atoms with Crippen molar-refractivity contribution in [2.75, 3.05) is 0 Å². The van der Waals surface area contributed by atoms with Gasteiger partial charge < -0.3 is 9.84 Å². The van der Waals surface area contributed by atoms with E-state index in [4.69, 9.17) is 9.84 Å². The molecule has 0 saturated heterocycles. The van der Waals surface area contributed by atoms with Crippen molar-refractivity contribution in [3.8, 4) is 11.6 Å². The van der Waals surface area contributed by atoms with E-state index in [1.54, 1.807) is 41.8 Å². The summed E-state index contributed by atoms with van der Waals surface area (Å²) in [6.45, 7) is 0. The number of carboxylic acids is 1. The van der Waals surface area contributed by atoms with E-state index < -0.39 is 5.97 Å². The topological polar surface area (TPSA) is 59.4 Å². The summed E-state index contributed by atoms with van der Waals surface area (Å²) in [5.74, 6) is 0.364. The van der Waals surface area contributed by atoms with E-state index in [9.17, 15) is 4.79 Å². The van der Waals surface area contributed by atoms with Gasteiger partial charge in [-0.05, 0) is 35.2 Å². The van der Waals surface area contributed by atoms with Crippen molar-refractivity contribution in [1.29, 1.82) is 0 Å². The molecule has 0 aliphatic heterocycles. The molecule has 100 valence electrons. The van der Waals surface area contributed by atoms with Crippen molar-refractivity contribution < 1.29 is 14.6 Å². The number of hydrogen-bond donors (Lipinski definition) is 1. The van der Waals surface area contributed by atoms with Crippen LogP contribution in [0.1, 0.15) is 5.56 Å². The van der Waals surface area contributed by atoms with Crippen LogP contribution in [0, 0.1) is 0 Å². The Balaban J connectivity index is 1.84. The summed E-state index contributed by atoms with van der Waals surface area (Å²) in [7, 11) is 0. The van der Waals surface area contributed by atoms with Gasteiger partial charge in [0.1, 0.15) is 5.75 Å². The maximum absolute atomic E-state index is 10.6. The highest BCUT2D eigenvalue weighted by Crippen LogP contribution is 2.30. The smallest absolute Gasteiger partial charge is 0.307 e. The van der Waals surface area contributed by atoms with Gasteiger partial charge in [0.15, 0.2) is 0 Å². The Bertz CT molecular complexity index is 749. The first-order valence-corrected chi connectivity index (χ1v) is 6.91. The van der Waals surface area contributed by atoms with Gasteiger partial charge in [0, 0.05) is 10.9 Å². The number of aliphatic carboxylic acids is 1. The van der Waals surface area contributed by atoms with E-state index in [1.807, 2.05) is 17.5 Å². The predicted molar refractivity (Wildman–Crippen MR) is 77.5 cm³/mol. The number of carboxylic acid groups (broad SMARTS) is 1. The van der Waals surface area contributed by atoms with Gasteiger partial charge in [0.2, 0.25) is 5.88 Å². The first-order chi connectivity index (χ1) is 9.72. The van der Waals surface area contributed by atoms with Crippen LogP contribution in [0.25, 0.3) is 10.1 Å². The predicted octanol–water partition coefficient (Wildman–Crippen LogP) is 3.72. The van der Waals surface area contributed by atoms with E-state index in [0.29, 0.717) is 11.6 Å². The lowest BCUT2D eigenvalue weighted by atomic mass is 10.1. The molecule has 0 atom stereocenters. The Morgan fingerprint density at radius 1 is 1.20 bits per heavy atom. The minimum atomic E-state index is -0.844. The second-order valence-corrected chi connectivity index (χ2v) is 5.21. The van der Waals surface area contributed by atoms with E-state index in [0.717, 1.165) is 15.6 Å². The van der Waals surface area contributed by atoms with Gasteiger partial charge in [0.25, 0.3) is 0 Å². The molecular weight excluding hydrogens is 274 g/mol. The Morgan fingerprint density at radius 2 is 2.00 bits per heavy atom. The SMILES string of the molecule is O=C(O)Cc1ccc(Oc2nccc3sccc23)cc1. The molecule has 4 nitrogen and oxygen atoms in total. The maximum Gasteiger partial charge on any atom is 0.307 e. The maximum atomic E-state index is 10.6. The van der Waals surface area contributed by atoms with Crippen molar-refractivity contribution in [2.24, 2.45) is 0 Å². The van der Waals surface area contributed by atoms with Crippen molar-refractivity contribution >= 4 is 27.4 Å². The van der Waals surface area contributed by atoms with Gasteiger partial charge >= 0.3 is 5.97 Å². The largest absolute Gasteiger partial charge is 0.481 e. The molecule has 0 bridgehead atoms. The van der Waals surface area contributed by atoms with Gasteiger partial charge in [-0.1, -0.05) is 12.1 Å². The number of carbonyl (C=O) groups is 1. The van der Waals surface area contributed by atoms with Crippen LogP contribution in [-0.4, -0.2) is 16.1 Å². The van der Waals surface area contributed by atoms with Crippen LogP contribution < -0.4 is 4.74 Å². The number of aromatic nitrogens is 1. The van der Waals surface area contributed by atoms with Crippen molar-refractivity contribution in [1.82, 2.24) is 4.98 Å². The quantitative estimate of drug-likeness (QED) is 0.793. The number of benzene rings is 1. The van der Waals surface area contributed by atoms with Crippen LogP contribution in [0.5, 0.6) is 11.6 Å².